The molecule has 6 heteroatoms. The number of carbonyl (C=O) groups excluding carboxylic acids is 1. The lowest BCUT2D eigenvalue weighted by atomic mass is 10.0. The van der Waals surface area contributed by atoms with Gasteiger partial charge in [-0.15, -0.1) is 0 Å². The molecule has 22 heavy (non-hydrogen) atoms. The molecule has 0 unspecified atom stereocenters. The van der Waals surface area contributed by atoms with Gasteiger partial charge in [-0.25, -0.2) is 4.79 Å². The minimum absolute atomic E-state index is 0.00227. The number of carbonyl (C=O) groups is 1. The molecule has 0 aromatic carbocycles. The van der Waals surface area contributed by atoms with Crippen LogP contribution in [0.4, 0.5) is 4.79 Å². The van der Waals surface area contributed by atoms with E-state index in [9.17, 15) is 4.79 Å². The summed E-state index contributed by atoms with van der Waals surface area (Å²) in [5, 5.41) is 0. The van der Waals surface area contributed by atoms with Crippen molar-refractivity contribution < 1.29 is 18.4 Å². The van der Waals surface area contributed by atoms with Crippen LogP contribution in [0, 0.1) is 0 Å². The minimum Gasteiger partial charge on any atom is -0.547 e. The van der Waals surface area contributed by atoms with Crippen LogP contribution in [-0.2, 0) is 15.6 Å². The summed E-state index contributed by atoms with van der Waals surface area (Å²) in [6.07, 6.45) is 7.65. The van der Waals surface area contributed by atoms with Crippen molar-refractivity contribution in [1.82, 2.24) is 4.90 Å². The van der Waals surface area contributed by atoms with Crippen molar-refractivity contribution in [2.24, 2.45) is 0 Å². The predicted octanol–water partition coefficient (Wildman–Crippen LogP) is 3.79. The van der Waals surface area contributed by atoms with Crippen LogP contribution in [0.25, 0.3) is 0 Å². The van der Waals surface area contributed by atoms with Crippen LogP contribution in [0.5, 0.6) is 0 Å². The van der Waals surface area contributed by atoms with E-state index in [0.717, 1.165) is 30.6 Å². The number of nitrogens with zero attached hydrogens (tertiary/aromatic N) is 1. The standard InChI is InChI=1S/C16H25NO4Si/c1-19-16(18)17-9-7-15(21-22(2,3)4)11-14(17)6-5-13-8-10-20-12-13/h8,10-12,14H,5-7,9H2,1-4H3/t14-/m0/s1. The molecule has 1 aliphatic rings. The third-order valence-electron chi connectivity index (χ3n) is 3.53. The molecular weight excluding hydrogens is 298 g/mol. The summed E-state index contributed by atoms with van der Waals surface area (Å²) >= 11 is 0. The first-order chi connectivity index (χ1) is 10.4. The molecule has 0 bridgehead atoms. The van der Waals surface area contributed by atoms with Gasteiger partial charge in [0.25, 0.3) is 0 Å². The van der Waals surface area contributed by atoms with Gasteiger partial charge in [-0.1, -0.05) is 0 Å². The number of rotatable bonds is 5. The zero-order chi connectivity index (χ0) is 16.2. The molecule has 1 atom stereocenters. The Balaban J connectivity index is 2.08. The van der Waals surface area contributed by atoms with E-state index in [1.54, 1.807) is 17.4 Å². The first-order valence-electron chi connectivity index (χ1n) is 7.64. The topological polar surface area (TPSA) is 51.9 Å². The van der Waals surface area contributed by atoms with Gasteiger partial charge in [0, 0.05) is 13.0 Å². The lowest BCUT2D eigenvalue weighted by Crippen LogP contribution is -2.43. The van der Waals surface area contributed by atoms with Crippen LogP contribution in [0.3, 0.4) is 0 Å². The normalized spacial score (nSPS) is 18.8. The molecule has 0 saturated heterocycles. The molecule has 2 rings (SSSR count). The van der Waals surface area contributed by atoms with Crippen LogP contribution >= 0.6 is 0 Å². The molecule has 0 spiro atoms. The Morgan fingerprint density at radius 1 is 1.45 bits per heavy atom. The van der Waals surface area contributed by atoms with Crippen molar-refractivity contribution in [2.75, 3.05) is 13.7 Å². The second-order valence-electron chi connectivity index (χ2n) is 6.50. The molecule has 1 amide bonds. The summed E-state index contributed by atoms with van der Waals surface area (Å²) in [6.45, 7) is 7.14. The highest BCUT2D eigenvalue weighted by atomic mass is 28.4. The summed E-state index contributed by atoms with van der Waals surface area (Å²) in [5.74, 6) is 1.01. The van der Waals surface area contributed by atoms with Gasteiger partial charge >= 0.3 is 6.09 Å². The number of ether oxygens (including phenoxy) is 1. The van der Waals surface area contributed by atoms with Gasteiger partial charge < -0.3 is 18.5 Å². The van der Waals surface area contributed by atoms with E-state index in [0.29, 0.717) is 6.54 Å². The Morgan fingerprint density at radius 2 is 2.23 bits per heavy atom. The van der Waals surface area contributed by atoms with Crippen LogP contribution in [0.15, 0.2) is 34.8 Å². The van der Waals surface area contributed by atoms with Crippen LogP contribution in [-0.4, -0.2) is 39.0 Å². The van der Waals surface area contributed by atoms with Crippen molar-refractivity contribution in [3.05, 3.63) is 36.0 Å². The third-order valence-corrected chi connectivity index (χ3v) is 4.41. The maximum absolute atomic E-state index is 12.0. The van der Waals surface area contributed by atoms with Crippen LogP contribution in [0.1, 0.15) is 18.4 Å². The number of hydrogen-bond acceptors (Lipinski definition) is 4. The highest BCUT2D eigenvalue weighted by molar-refractivity contribution is 6.70. The zero-order valence-electron chi connectivity index (χ0n) is 13.8. The second-order valence-corrected chi connectivity index (χ2v) is 10.9. The van der Waals surface area contributed by atoms with E-state index >= 15 is 0 Å². The molecule has 0 N–H and O–H groups in total. The monoisotopic (exact) mass is 323 g/mol. The van der Waals surface area contributed by atoms with Gasteiger partial charge in [-0.2, -0.15) is 0 Å². The molecule has 1 aromatic heterocycles. The fourth-order valence-electron chi connectivity index (χ4n) is 2.60. The van der Waals surface area contributed by atoms with Gasteiger partial charge in [0.05, 0.1) is 31.4 Å². The molecule has 1 aliphatic heterocycles. The van der Waals surface area contributed by atoms with Crippen molar-refractivity contribution in [3.8, 4) is 0 Å². The number of methoxy groups -OCH3 is 1. The van der Waals surface area contributed by atoms with Crippen LogP contribution in [0.2, 0.25) is 19.6 Å². The maximum atomic E-state index is 12.0. The van der Waals surface area contributed by atoms with Crippen LogP contribution < -0.4 is 0 Å². The Bertz CT molecular complexity index is 519. The minimum atomic E-state index is -1.63. The number of furan rings is 1. The molecule has 2 heterocycles. The van der Waals surface area contributed by atoms with Gasteiger partial charge in [0.1, 0.15) is 0 Å². The molecule has 0 fully saturated rings. The first-order valence-corrected chi connectivity index (χ1v) is 11.1. The number of amides is 1. The Kier molecular flexibility index (Phi) is 5.34. The van der Waals surface area contributed by atoms with Crippen molar-refractivity contribution in [1.29, 1.82) is 0 Å². The van der Waals surface area contributed by atoms with Gasteiger partial charge in [0.15, 0.2) is 0 Å². The lowest BCUT2D eigenvalue weighted by molar-refractivity contribution is 0.105. The maximum Gasteiger partial charge on any atom is 0.409 e. The average molecular weight is 323 g/mol. The number of aryl methyl sites for hydroxylation is 1. The van der Waals surface area contributed by atoms with Gasteiger partial charge in [-0.05, 0) is 50.2 Å². The summed E-state index contributed by atoms with van der Waals surface area (Å²) in [7, 11) is -0.202. The Labute approximate surface area is 133 Å². The van der Waals surface area contributed by atoms with Crippen molar-refractivity contribution in [2.45, 2.75) is 44.9 Å². The fourth-order valence-corrected chi connectivity index (χ4v) is 3.55. The average Bonchev–Trinajstić information content (AvgIpc) is 2.96. The van der Waals surface area contributed by atoms with E-state index in [-0.39, 0.29) is 12.1 Å². The summed E-state index contributed by atoms with van der Waals surface area (Å²) in [6, 6.07) is 1.96. The predicted molar refractivity (Wildman–Crippen MR) is 87.1 cm³/mol. The Hall–Kier alpha value is -1.69. The highest BCUT2D eigenvalue weighted by Gasteiger charge is 2.29. The smallest absolute Gasteiger partial charge is 0.409 e. The second kappa shape index (κ2) is 7.04. The zero-order valence-corrected chi connectivity index (χ0v) is 14.8. The van der Waals surface area contributed by atoms with E-state index in [2.05, 4.69) is 25.7 Å². The molecule has 0 radical (unpaired) electrons. The molecule has 0 saturated carbocycles. The molecular formula is C16H25NO4Si. The third kappa shape index (κ3) is 4.66. The Morgan fingerprint density at radius 3 is 2.82 bits per heavy atom. The van der Waals surface area contributed by atoms with E-state index in [1.807, 2.05) is 6.07 Å². The van der Waals surface area contributed by atoms with Crippen molar-refractivity contribution in [3.63, 3.8) is 0 Å². The molecule has 1 aromatic rings. The van der Waals surface area contributed by atoms with Gasteiger partial charge in [0.2, 0.25) is 8.32 Å². The highest BCUT2D eigenvalue weighted by Crippen LogP contribution is 2.24. The molecule has 5 nitrogen and oxygen atoms in total. The summed E-state index contributed by atoms with van der Waals surface area (Å²) in [5.41, 5.74) is 1.14. The first kappa shape index (κ1) is 16.7. The van der Waals surface area contributed by atoms with E-state index in [4.69, 9.17) is 13.6 Å². The van der Waals surface area contributed by atoms with Gasteiger partial charge in [-0.3, -0.25) is 0 Å². The quantitative estimate of drug-likeness (QED) is 0.774. The fraction of sp³-hybridized carbons (Fsp3) is 0.562. The lowest BCUT2D eigenvalue weighted by Gasteiger charge is -2.35. The van der Waals surface area contributed by atoms with E-state index < -0.39 is 8.32 Å². The number of hydrogen-bond donors (Lipinski definition) is 0. The van der Waals surface area contributed by atoms with Crippen molar-refractivity contribution >= 4 is 14.4 Å². The summed E-state index contributed by atoms with van der Waals surface area (Å²) in [4.78, 5) is 13.7. The molecule has 122 valence electrons. The van der Waals surface area contributed by atoms with E-state index in [1.165, 1.54) is 7.11 Å². The largest absolute Gasteiger partial charge is 0.547 e. The SMILES string of the molecule is COC(=O)N1CCC(O[Si](C)(C)C)=C[C@@H]1CCc1ccoc1. The summed E-state index contributed by atoms with van der Waals surface area (Å²) < 4.78 is 16.1. The molecule has 0 aliphatic carbocycles.